The highest BCUT2D eigenvalue weighted by Crippen LogP contribution is 2.17. The molecule has 24 heavy (non-hydrogen) atoms. The summed E-state index contributed by atoms with van der Waals surface area (Å²) < 4.78 is 5.10. The van der Waals surface area contributed by atoms with Crippen molar-refractivity contribution in [2.75, 3.05) is 12.4 Å². The molecule has 0 aliphatic carbocycles. The first-order valence-electron chi connectivity index (χ1n) is 7.56. The van der Waals surface area contributed by atoms with Crippen LogP contribution in [0.5, 0.6) is 5.75 Å². The second-order valence-corrected chi connectivity index (χ2v) is 5.47. The molecule has 0 unspecified atom stereocenters. The maximum absolute atomic E-state index is 12.2. The molecule has 6 nitrogen and oxygen atoms in total. The lowest BCUT2D eigenvalue weighted by Gasteiger charge is -2.06. The van der Waals surface area contributed by atoms with Gasteiger partial charge in [0, 0.05) is 12.1 Å². The van der Waals surface area contributed by atoms with Gasteiger partial charge in [0.1, 0.15) is 11.4 Å². The predicted molar refractivity (Wildman–Crippen MR) is 92.9 cm³/mol. The van der Waals surface area contributed by atoms with Crippen LogP contribution in [0.1, 0.15) is 16.8 Å². The summed E-state index contributed by atoms with van der Waals surface area (Å²) >= 11 is 0. The average Bonchev–Trinajstić information content (AvgIpc) is 2.60. The Morgan fingerprint density at radius 2 is 1.75 bits per heavy atom. The van der Waals surface area contributed by atoms with Gasteiger partial charge in [0.15, 0.2) is 0 Å². The highest BCUT2D eigenvalue weighted by Gasteiger charge is 2.06. The normalized spacial score (nSPS) is 10.4. The molecule has 0 aliphatic rings. The summed E-state index contributed by atoms with van der Waals surface area (Å²) in [5.74, 6) is 1.06. The number of methoxy groups -OCH3 is 1. The van der Waals surface area contributed by atoms with Crippen molar-refractivity contribution >= 4 is 11.6 Å². The Bertz CT molecular complexity index is 871. The first kappa shape index (κ1) is 15.7. The SMILES string of the molecule is COc1ccc(Nc2nnc(Cc3ccc(C)cc3)c(=O)[nH]2)cc1. The predicted octanol–water partition coefficient (Wildman–Crippen LogP) is 2.82. The van der Waals surface area contributed by atoms with Gasteiger partial charge in [0.25, 0.3) is 5.56 Å². The van der Waals surface area contributed by atoms with Crippen molar-refractivity contribution in [1.82, 2.24) is 15.2 Å². The van der Waals surface area contributed by atoms with Crippen LogP contribution in [0, 0.1) is 6.92 Å². The molecule has 0 saturated carbocycles. The lowest BCUT2D eigenvalue weighted by Crippen LogP contribution is -2.18. The number of rotatable bonds is 5. The van der Waals surface area contributed by atoms with Crippen LogP contribution in [-0.2, 0) is 6.42 Å². The van der Waals surface area contributed by atoms with Crippen molar-refractivity contribution in [2.24, 2.45) is 0 Å². The minimum absolute atomic E-state index is 0.249. The van der Waals surface area contributed by atoms with Gasteiger partial charge in [-0.15, -0.1) is 10.2 Å². The van der Waals surface area contributed by atoms with Crippen LogP contribution in [0.2, 0.25) is 0 Å². The number of nitrogens with zero attached hydrogens (tertiary/aromatic N) is 2. The Labute approximate surface area is 139 Å². The molecular formula is C18H18N4O2. The third-order valence-corrected chi connectivity index (χ3v) is 3.61. The quantitative estimate of drug-likeness (QED) is 0.755. The van der Waals surface area contributed by atoms with E-state index in [1.54, 1.807) is 7.11 Å². The monoisotopic (exact) mass is 322 g/mol. The lowest BCUT2D eigenvalue weighted by atomic mass is 10.1. The molecule has 6 heteroatoms. The molecule has 0 fully saturated rings. The Kier molecular flexibility index (Phi) is 4.56. The summed E-state index contributed by atoms with van der Waals surface area (Å²) in [5.41, 5.74) is 3.13. The highest BCUT2D eigenvalue weighted by molar-refractivity contribution is 5.54. The number of ether oxygens (including phenoxy) is 1. The number of H-pyrrole nitrogens is 1. The molecule has 2 aromatic carbocycles. The Morgan fingerprint density at radius 3 is 2.38 bits per heavy atom. The first-order valence-corrected chi connectivity index (χ1v) is 7.56. The van der Waals surface area contributed by atoms with E-state index in [4.69, 9.17) is 4.74 Å². The van der Waals surface area contributed by atoms with E-state index >= 15 is 0 Å². The van der Waals surface area contributed by atoms with Crippen molar-refractivity contribution < 1.29 is 4.74 Å². The second-order valence-electron chi connectivity index (χ2n) is 5.47. The standard InChI is InChI=1S/C18H18N4O2/c1-12-3-5-13(6-4-12)11-16-17(23)20-18(22-21-16)19-14-7-9-15(24-2)10-8-14/h3-10H,11H2,1-2H3,(H2,19,20,22,23). The zero-order chi connectivity index (χ0) is 16.9. The van der Waals surface area contributed by atoms with Gasteiger partial charge >= 0.3 is 0 Å². The molecule has 0 bridgehead atoms. The van der Waals surface area contributed by atoms with E-state index in [0.717, 1.165) is 17.0 Å². The minimum Gasteiger partial charge on any atom is -0.497 e. The van der Waals surface area contributed by atoms with Crippen LogP contribution >= 0.6 is 0 Å². The first-order chi connectivity index (χ1) is 11.6. The van der Waals surface area contributed by atoms with E-state index in [9.17, 15) is 4.79 Å². The second kappa shape index (κ2) is 6.95. The van der Waals surface area contributed by atoms with Gasteiger partial charge < -0.3 is 10.1 Å². The van der Waals surface area contributed by atoms with Crippen LogP contribution in [0.25, 0.3) is 0 Å². The van der Waals surface area contributed by atoms with Crippen LogP contribution < -0.4 is 15.6 Å². The Morgan fingerprint density at radius 1 is 1.04 bits per heavy atom. The van der Waals surface area contributed by atoms with Crippen LogP contribution in [0.3, 0.4) is 0 Å². The van der Waals surface area contributed by atoms with Crippen molar-refractivity contribution in [1.29, 1.82) is 0 Å². The molecule has 0 aliphatic heterocycles. The maximum atomic E-state index is 12.2. The minimum atomic E-state index is -0.249. The summed E-state index contributed by atoms with van der Waals surface area (Å²) in [6.07, 6.45) is 0.450. The molecular weight excluding hydrogens is 304 g/mol. The molecule has 122 valence electrons. The number of aromatic amines is 1. The van der Waals surface area contributed by atoms with Gasteiger partial charge in [-0.25, -0.2) is 0 Å². The van der Waals surface area contributed by atoms with Gasteiger partial charge in [0.05, 0.1) is 7.11 Å². The molecule has 1 heterocycles. The van der Waals surface area contributed by atoms with Gasteiger partial charge in [-0.3, -0.25) is 9.78 Å². The Balaban J connectivity index is 1.74. The largest absolute Gasteiger partial charge is 0.497 e. The zero-order valence-corrected chi connectivity index (χ0v) is 13.5. The van der Waals surface area contributed by atoms with E-state index in [2.05, 4.69) is 20.5 Å². The molecule has 3 rings (SSSR count). The van der Waals surface area contributed by atoms with Crippen LogP contribution in [0.15, 0.2) is 53.3 Å². The lowest BCUT2D eigenvalue weighted by molar-refractivity contribution is 0.415. The smallest absolute Gasteiger partial charge is 0.274 e. The molecule has 0 atom stereocenters. The molecule has 0 radical (unpaired) electrons. The summed E-state index contributed by atoms with van der Waals surface area (Å²) in [7, 11) is 1.61. The van der Waals surface area contributed by atoms with E-state index in [0.29, 0.717) is 18.1 Å². The highest BCUT2D eigenvalue weighted by atomic mass is 16.5. The van der Waals surface area contributed by atoms with Crippen molar-refractivity contribution in [3.63, 3.8) is 0 Å². The topological polar surface area (TPSA) is 79.9 Å². The number of anilines is 2. The molecule has 3 aromatic rings. The fraction of sp³-hybridized carbons (Fsp3) is 0.167. The number of aromatic nitrogens is 3. The fourth-order valence-corrected chi connectivity index (χ4v) is 2.24. The molecule has 2 N–H and O–H groups in total. The summed E-state index contributed by atoms with van der Waals surface area (Å²) in [6, 6.07) is 15.3. The third kappa shape index (κ3) is 3.78. The van der Waals surface area contributed by atoms with E-state index < -0.39 is 0 Å². The number of hydrogen-bond acceptors (Lipinski definition) is 5. The molecule has 0 amide bonds. The average molecular weight is 322 g/mol. The van der Waals surface area contributed by atoms with Crippen LogP contribution in [0.4, 0.5) is 11.6 Å². The molecule has 0 saturated heterocycles. The van der Waals surface area contributed by atoms with Crippen molar-refractivity contribution in [2.45, 2.75) is 13.3 Å². The summed E-state index contributed by atoms with van der Waals surface area (Å²) in [5, 5.41) is 11.1. The van der Waals surface area contributed by atoms with E-state index in [1.165, 1.54) is 5.56 Å². The fourth-order valence-electron chi connectivity index (χ4n) is 2.24. The molecule has 0 spiro atoms. The number of hydrogen-bond donors (Lipinski definition) is 2. The van der Waals surface area contributed by atoms with Crippen molar-refractivity contribution in [3.05, 3.63) is 75.7 Å². The number of aryl methyl sites for hydroxylation is 1. The molecule has 1 aromatic heterocycles. The van der Waals surface area contributed by atoms with Gasteiger partial charge in [-0.1, -0.05) is 29.8 Å². The van der Waals surface area contributed by atoms with Gasteiger partial charge in [-0.2, -0.15) is 0 Å². The third-order valence-electron chi connectivity index (χ3n) is 3.61. The number of nitrogens with one attached hydrogen (secondary N) is 2. The van der Waals surface area contributed by atoms with Gasteiger partial charge in [-0.05, 0) is 36.8 Å². The van der Waals surface area contributed by atoms with E-state index in [-0.39, 0.29) is 5.56 Å². The summed E-state index contributed by atoms with van der Waals surface area (Å²) in [4.78, 5) is 14.9. The zero-order valence-electron chi connectivity index (χ0n) is 13.5. The van der Waals surface area contributed by atoms with Crippen LogP contribution in [-0.4, -0.2) is 22.3 Å². The van der Waals surface area contributed by atoms with E-state index in [1.807, 2.05) is 55.5 Å². The number of benzene rings is 2. The summed E-state index contributed by atoms with van der Waals surface area (Å²) in [6.45, 7) is 2.02. The van der Waals surface area contributed by atoms with Gasteiger partial charge in [0.2, 0.25) is 5.95 Å². The van der Waals surface area contributed by atoms with Crippen molar-refractivity contribution in [3.8, 4) is 5.75 Å². The maximum Gasteiger partial charge on any atom is 0.274 e. The Hall–Kier alpha value is -3.15.